The summed E-state index contributed by atoms with van der Waals surface area (Å²) >= 11 is 12.3. The lowest BCUT2D eigenvalue weighted by Gasteiger charge is -2.21. The summed E-state index contributed by atoms with van der Waals surface area (Å²) in [5.74, 6) is 1.09. The Morgan fingerprint density at radius 2 is 2.15 bits per heavy atom. The number of nitriles is 1. The van der Waals surface area contributed by atoms with Gasteiger partial charge in [-0.1, -0.05) is 24.6 Å². The minimum absolute atomic E-state index is 0.213. The predicted octanol–water partition coefficient (Wildman–Crippen LogP) is 6.11. The molecule has 4 rings (SSSR count). The van der Waals surface area contributed by atoms with Gasteiger partial charge in [0.15, 0.2) is 0 Å². The number of halogens is 2. The van der Waals surface area contributed by atoms with Crippen LogP contribution in [0, 0.1) is 17.2 Å². The highest BCUT2D eigenvalue weighted by atomic mass is 35.5. The number of fused-ring (bicyclic) bond motifs is 1. The molecule has 8 nitrogen and oxygen atoms in total. The number of nitrogens with one attached hydrogen (secondary N) is 2. The van der Waals surface area contributed by atoms with E-state index in [1.807, 2.05) is 19.9 Å². The van der Waals surface area contributed by atoms with Gasteiger partial charge in [0, 0.05) is 41.6 Å². The molecule has 1 unspecified atom stereocenters. The molecule has 2 heterocycles. The van der Waals surface area contributed by atoms with Gasteiger partial charge in [-0.25, -0.2) is 0 Å². The number of ether oxygens (including phenoxy) is 3. The topological polar surface area (TPSA) is 106 Å². The minimum atomic E-state index is -0.356. The maximum absolute atomic E-state index is 12.5. The molecular weight excluding hydrogens is 567 g/mol. The molecule has 0 spiro atoms. The van der Waals surface area contributed by atoms with Crippen LogP contribution in [0.4, 0.5) is 17.1 Å². The Morgan fingerprint density at radius 3 is 2.80 bits per heavy atom. The maximum Gasteiger partial charge on any atom is 0.248 e. The van der Waals surface area contributed by atoms with Gasteiger partial charge in [-0.05, 0) is 44.0 Å². The second-order valence-electron chi connectivity index (χ2n) is 9.05. The first-order valence-corrected chi connectivity index (χ1v) is 14.5. The first-order chi connectivity index (χ1) is 19.4. The first kappa shape index (κ1) is 29.7. The molecule has 207 valence electrons. The maximum atomic E-state index is 12.5. The summed E-state index contributed by atoms with van der Waals surface area (Å²) < 4.78 is 17.3. The second kappa shape index (κ2) is 13.9. The van der Waals surface area contributed by atoms with Crippen molar-refractivity contribution in [3.05, 3.63) is 58.8 Å². The number of hydrogen-bond acceptors (Lipinski definition) is 7. The molecular formula is C29H29Cl2N4O4Si. The molecule has 3 aromatic rings. The molecule has 1 saturated heterocycles. The van der Waals surface area contributed by atoms with Crippen LogP contribution in [-0.2, 0) is 16.0 Å². The third kappa shape index (κ3) is 6.88. The lowest BCUT2D eigenvalue weighted by Crippen LogP contribution is -2.27. The van der Waals surface area contributed by atoms with Crippen LogP contribution < -0.4 is 20.1 Å². The van der Waals surface area contributed by atoms with Gasteiger partial charge in [-0.3, -0.25) is 9.78 Å². The smallest absolute Gasteiger partial charge is 0.248 e. The number of alkyl halides is 1. The van der Waals surface area contributed by atoms with Gasteiger partial charge in [0.2, 0.25) is 5.91 Å². The van der Waals surface area contributed by atoms with Crippen LogP contribution in [0.15, 0.2) is 42.5 Å². The third-order valence-electron chi connectivity index (χ3n) is 6.37. The Kier molecular flexibility index (Phi) is 10.3. The van der Waals surface area contributed by atoms with Crippen molar-refractivity contribution in [2.75, 3.05) is 36.3 Å². The fourth-order valence-corrected chi connectivity index (χ4v) is 5.09. The van der Waals surface area contributed by atoms with Crippen molar-refractivity contribution in [2.45, 2.75) is 32.4 Å². The van der Waals surface area contributed by atoms with Gasteiger partial charge in [0.05, 0.1) is 62.4 Å². The summed E-state index contributed by atoms with van der Waals surface area (Å²) in [6.45, 7) is 5.54. The van der Waals surface area contributed by atoms with Crippen LogP contribution in [0.3, 0.4) is 0 Å². The van der Waals surface area contributed by atoms with Crippen molar-refractivity contribution in [1.29, 1.82) is 5.26 Å². The van der Waals surface area contributed by atoms with Crippen molar-refractivity contribution >= 4 is 67.3 Å². The van der Waals surface area contributed by atoms with E-state index in [4.69, 9.17) is 42.4 Å². The molecule has 2 aromatic carbocycles. The number of nitrogens with zero attached hydrogens (tertiary/aromatic N) is 2. The van der Waals surface area contributed by atoms with Crippen LogP contribution in [-0.4, -0.2) is 52.6 Å². The quantitative estimate of drug-likeness (QED) is 0.156. The molecule has 1 aromatic heterocycles. The molecule has 0 aliphatic carbocycles. The summed E-state index contributed by atoms with van der Waals surface area (Å²) in [7, 11) is 3.65. The van der Waals surface area contributed by atoms with E-state index in [-0.39, 0.29) is 23.4 Å². The summed E-state index contributed by atoms with van der Waals surface area (Å²) in [6.07, 6.45) is 4.36. The third-order valence-corrected chi connectivity index (χ3v) is 7.43. The molecule has 2 N–H and O–H groups in total. The number of carbonyl (C=O) groups excluding carboxylic acids is 1. The van der Waals surface area contributed by atoms with Crippen molar-refractivity contribution in [3.8, 4) is 17.6 Å². The highest BCUT2D eigenvalue weighted by molar-refractivity contribution is 6.32. The van der Waals surface area contributed by atoms with Crippen LogP contribution in [0.2, 0.25) is 5.02 Å². The Morgan fingerprint density at radius 1 is 1.32 bits per heavy atom. The Balaban J connectivity index is 1.74. The van der Waals surface area contributed by atoms with Crippen LogP contribution >= 0.6 is 23.2 Å². The lowest BCUT2D eigenvalue weighted by atomic mass is 10.0. The first-order valence-electron chi connectivity index (χ1n) is 13.0. The van der Waals surface area contributed by atoms with E-state index in [1.165, 1.54) is 6.08 Å². The molecule has 0 bridgehead atoms. The number of hydrogen-bond donors (Lipinski definition) is 2. The largest absolute Gasteiger partial charge is 0.493 e. The monoisotopic (exact) mass is 595 g/mol. The van der Waals surface area contributed by atoms with Crippen LogP contribution in [0.25, 0.3) is 10.9 Å². The normalized spacial score (nSPS) is 15.7. The number of aryl methyl sites for hydroxylation is 1. The number of benzene rings is 2. The van der Waals surface area contributed by atoms with Crippen molar-refractivity contribution in [1.82, 2.24) is 4.98 Å². The average Bonchev–Trinajstić information content (AvgIpc) is 3.49. The van der Waals surface area contributed by atoms with Gasteiger partial charge in [0.25, 0.3) is 0 Å². The Hall–Kier alpha value is -3.29. The number of allylic oxidation sites excluding steroid dienone is 1. The zero-order valence-electron chi connectivity index (χ0n) is 22.2. The predicted molar refractivity (Wildman–Crippen MR) is 159 cm³/mol. The number of pyridine rings is 1. The van der Waals surface area contributed by atoms with E-state index in [9.17, 15) is 10.1 Å². The molecule has 1 amide bonds. The van der Waals surface area contributed by atoms with Crippen molar-refractivity contribution in [2.24, 2.45) is 5.92 Å². The Labute approximate surface area is 247 Å². The number of anilines is 3. The van der Waals surface area contributed by atoms with E-state index in [0.29, 0.717) is 82.0 Å². The van der Waals surface area contributed by atoms with Gasteiger partial charge in [0.1, 0.15) is 17.6 Å². The average molecular weight is 597 g/mol. The van der Waals surface area contributed by atoms with E-state index in [1.54, 1.807) is 30.3 Å². The van der Waals surface area contributed by atoms with Gasteiger partial charge < -0.3 is 24.8 Å². The molecule has 40 heavy (non-hydrogen) atoms. The molecule has 3 radical (unpaired) electrons. The summed E-state index contributed by atoms with van der Waals surface area (Å²) in [6, 6.07) is 11.2. The zero-order valence-corrected chi connectivity index (χ0v) is 24.7. The summed E-state index contributed by atoms with van der Waals surface area (Å²) in [4.78, 5) is 17.2. The number of rotatable bonds is 11. The van der Waals surface area contributed by atoms with E-state index >= 15 is 0 Å². The molecule has 1 aliphatic rings. The molecule has 11 heteroatoms. The lowest BCUT2D eigenvalue weighted by molar-refractivity contribution is -0.111. The van der Waals surface area contributed by atoms with Crippen LogP contribution in [0.1, 0.15) is 31.5 Å². The Bertz CT molecular complexity index is 1450. The fraction of sp³-hybridized carbons (Fsp3) is 0.345. The standard InChI is InChI=1S/C29H29Cl2N4O4Si/c1-3-22-20(15-32)28(33-18-7-8-25(21(31)12-18)39-29(40)17-9-11-37-16-17)19-13-24(35-27(36)6-5-10-30)26(38-4-2)14-23(19)34-22/h5-8,12-14,17,29H,3-4,9-11,16H2,1-2H3,(H,33,34)(H,35,36)/b6-5+/t17-,29?/m0/s1. The molecule has 2 atom stereocenters. The number of aromatic nitrogens is 1. The summed E-state index contributed by atoms with van der Waals surface area (Å²) in [5.41, 5.74) is 3.06. The highest BCUT2D eigenvalue weighted by Crippen LogP contribution is 2.39. The van der Waals surface area contributed by atoms with Gasteiger partial charge >= 0.3 is 0 Å². The number of carbonyl (C=O) groups is 1. The minimum Gasteiger partial charge on any atom is -0.493 e. The van der Waals surface area contributed by atoms with E-state index in [0.717, 1.165) is 6.42 Å². The SMILES string of the molecule is CCOc1cc2nc(CC)c(C#N)c(Nc3ccc(OC([Si])[C@H]4CCOC4)c(Cl)c3)c2cc1NC(=O)/C=C/CCl. The van der Waals surface area contributed by atoms with E-state index in [2.05, 4.69) is 26.9 Å². The molecule has 1 aliphatic heterocycles. The number of amides is 1. The van der Waals surface area contributed by atoms with Gasteiger partial charge in [-0.2, -0.15) is 5.26 Å². The second-order valence-corrected chi connectivity index (χ2v) is 10.3. The van der Waals surface area contributed by atoms with Crippen molar-refractivity contribution < 1.29 is 19.0 Å². The molecule has 0 saturated carbocycles. The van der Waals surface area contributed by atoms with Crippen molar-refractivity contribution in [3.63, 3.8) is 0 Å². The van der Waals surface area contributed by atoms with E-state index < -0.39 is 0 Å². The van der Waals surface area contributed by atoms with Crippen LogP contribution in [0.5, 0.6) is 11.5 Å². The fourth-order valence-electron chi connectivity index (χ4n) is 4.39. The highest BCUT2D eigenvalue weighted by Gasteiger charge is 2.24. The molecule has 1 fully saturated rings. The zero-order chi connectivity index (χ0) is 28.6. The van der Waals surface area contributed by atoms with Gasteiger partial charge in [-0.15, -0.1) is 11.6 Å². The summed E-state index contributed by atoms with van der Waals surface area (Å²) in [5, 5.41) is 17.4.